The van der Waals surface area contributed by atoms with E-state index in [1.807, 2.05) is 24.3 Å². The number of aliphatic hydroxyl groups is 1. The van der Waals surface area contributed by atoms with Crippen LogP contribution in [0.15, 0.2) is 30.3 Å². The highest BCUT2D eigenvalue weighted by Crippen LogP contribution is 2.25. The van der Waals surface area contributed by atoms with Crippen LogP contribution in [0.2, 0.25) is 0 Å². The summed E-state index contributed by atoms with van der Waals surface area (Å²) in [5, 5.41) is 11.5. The molecule has 3 rings (SSSR count). The van der Waals surface area contributed by atoms with Crippen molar-refractivity contribution >= 4 is 10.9 Å². The monoisotopic (exact) mass is 285 g/mol. The molecule has 21 heavy (non-hydrogen) atoms. The highest BCUT2D eigenvalue weighted by atomic mass is 16.5. The Labute approximate surface area is 126 Å². The Kier molecular flexibility index (Phi) is 4.51. The maximum atomic E-state index is 10.4. The van der Waals surface area contributed by atoms with Gasteiger partial charge in [-0.1, -0.05) is 18.2 Å². The summed E-state index contributed by atoms with van der Waals surface area (Å²) in [7, 11) is 0. The normalized spacial score (nSPS) is 20.0. The lowest BCUT2D eigenvalue weighted by atomic mass is 10.0. The topological polar surface area (TPSA) is 42.4 Å². The lowest BCUT2D eigenvalue weighted by Crippen LogP contribution is -2.07. The number of rotatable bonds is 5. The van der Waals surface area contributed by atoms with E-state index in [9.17, 15) is 5.11 Å². The van der Waals surface area contributed by atoms with Gasteiger partial charge in [-0.05, 0) is 56.7 Å². The van der Waals surface area contributed by atoms with Gasteiger partial charge in [-0.25, -0.2) is 0 Å². The van der Waals surface area contributed by atoms with Crippen LogP contribution in [-0.4, -0.2) is 22.8 Å². The SMILES string of the molecule is Cc1cc(C(O)CCCC2CCCO2)nc2ccccc12. The molecular formula is C18H23NO2. The molecule has 0 radical (unpaired) electrons. The van der Waals surface area contributed by atoms with Gasteiger partial charge in [-0.2, -0.15) is 0 Å². The third-order valence-corrected chi connectivity index (χ3v) is 4.31. The van der Waals surface area contributed by atoms with Gasteiger partial charge in [0.15, 0.2) is 0 Å². The molecule has 1 aromatic heterocycles. The van der Waals surface area contributed by atoms with Gasteiger partial charge in [0.05, 0.1) is 23.4 Å². The van der Waals surface area contributed by atoms with Gasteiger partial charge in [0.2, 0.25) is 0 Å². The first-order valence-corrected chi connectivity index (χ1v) is 7.90. The van der Waals surface area contributed by atoms with Crippen molar-refractivity contribution < 1.29 is 9.84 Å². The average Bonchev–Trinajstić information content (AvgIpc) is 3.00. The zero-order chi connectivity index (χ0) is 14.7. The van der Waals surface area contributed by atoms with Crippen LogP contribution in [0.4, 0.5) is 0 Å². The smallest absolute Gasteiger partial charge is 0.0960 e. The fourth-order valence-corrected chi connectivity index (χ4v) is 3.10. The fraction of sp³-hybridized carbons (Fsp3) is 0.500. The molecule has 1 saturated heterocycles. The van der Waals surface area contributed by atoms with Crippen molar-refractivity contribution in [3.05, 3.63) is 41.6 Å². The molecule has 0 bridgehead atoms. The van der Waals surface area contributed by atoms with Gasteiger partial charge >= 0.3 is 0 Å². The van der Waals surface area contributed by atoms with E-state index in [0.717, 1.165) is 42.5 Å². The molecule has 2 aromatic rings. The van der Waals surface area contributed by atoms with Crippen LogP contribution in [0.3, 0.4) is 0 Å². The summed E-state index contributed by atoms with van der Waals surface area (Å²) in [6, 6.07) is 10.1. The first-order valence-electron chi connectivity index (χ1n) is 7.90. The highest BCUT2D eigenvalue weighted by molar-refractivity contribution is 5.82. The van der Waals surface area contributed by atoms with E-state index in [1.54, 1.807) is 0 Å². The van der Waals surface area contributed by atoms with Gasteiger partial charge in [0.1, 0.15) is 0 Å². The van der Waals surface area contributed by atoms with Gasteiger partial charge in [-0.3, -0.25) is 4.98 Å². The molecule has 1 N–H and O–H groups in total. The number of hydrogen-bond donors (Lipinski definition) is 1. The van der Waals surface area contributed by atoms with Crippen LogP contribution in [0.1, 0.15) is 49.5 Å². The number of fused-ring (bicyclic) bond motifs is 1. The molecule has 2 heterocycles. The first kappa shape index (κ1) is 14.5. The minimum Gasteiger partial charge on any atom is -0.387 e. The van der Waals surface area contributed by atoms with Crippen molar-refractivity contribution in [3.63, 3.8) is 0 Å². The summed E-state index contributed by atoms with van der Waals surface area (Å²) in [5.74, 6) is 0. The standard InChI is InChI=1S/C18H23NO2/c1-13-12-17(19-16-9-3-2-8-15(13)16)18(20)10-4-6-14-7-5-11-21-14/h2-3,8-9,12,14,18,20H,4-7,10-11H2,1H3. The maximum Gasteiger partial charge on any atom is 0.0960 e. The molecule has 2 atom stereocenters. The van der Waals surface area contributed by atoms with Crippen molar-refractivity contribution in [3.8, 4) is 0 Å². The van der Waals surface area contributed by atoms with Crippen LogP contribution in [0.25, 0.3) is 10.9 Å². The maximum absolute atomic E-state index is 10.4. The molecule has 1 aliphatic rings. The Morgan fingerprint density at radius 2 is 2.24 bits per heavy atom. The number of aryl methyl sites for hydroxylation is 1. The molecule has 112 valence electrons. The van der Waals surface area contributed by atoms with Gasteiger partial charge < -0.3 is 9.84 Å². The molecule has 0 amide bonds. The molecule has 0 aliphatic carbocycles. The second kappa shape index (κ2) is 6.54. The average molecular weight is 285 g/mol. The number of nitrogens with zero attached hydrogens (tertiary/aromatic N) is 1. The summed E-state index contributed by atoms with van der Waals surface area (Å²) in [5.41, 5.74) is 2.93. The number of para-hydroxylation sites is 1. The molecule has 3 nitrogen and oxygen atoms in total. The molecular weight excluding hydrogens is 262 g/mol. The van der Waals surface area contributed by atoms with Crippen LogP contribution in [0.5, 0.6) is 0 Å². The van der Waals surface area contributed by atoms with E-state index in [1.165, 1.54) is 18.4 Å². The van der Waals surface area contributed by atoms with E-state index in [-0.39, 0.29) is 0 Å². The van der Waals surface area contributed by atoms with E-state index < -0.39 is 6.10 Å². The summed E-state index contributed by atoms with van der Waals surface area (Å²) < 4.78 is 5.62. The number of hydrogen-bond acceptors (Lipinski definition) is 3. The Balaban J connectivity index is 1.65. The minimum atomic E-state index is -0.477. The van der Waals surface area contributed by atoms with Crippen LogP contribution in [-0.2, 0) is 4.74 Å². The summed E-state index contributed by atoms with van der Waals surface area (Å²) in [6.07, 6.45) is 5.06. The van der Waals surface area contributed by atoms with Gasteiger partial charge in [0, 0.05) is 12.0 Å². The highest BCUT2D eigenvalue weighted by Gasteiger charge is 2.17. The minimum absolute atomic E-state index is 0.406. The zero-order valence-corrected chi connectivity index (χ0v) is 12.6. The number of aliphatic hydroxyl groups excluding tert-OH is 1. The molecule has 2 unspecified atom stereocenters. The lowest BCUT2D eigenvalue weighted by Gasteiger charge is -2.14. The predicted molar refractivity (Wildman–Crippen MR) is 84.3 cm³/mol. The second-order valence-corrected chi connectivity index (χ2v) is 5.96. The van der Waals surface area contributed by atoms with Crippen molar-refractivity contribution in [2.24, 2.45) is 0 Å². The quantitative estimate of drug-likeness (QED) is 0.905. The van der Waals surface area contributed by atoms with E-state index in [4.69, 9.17) is 4.74 Å². The Bertz CT molecular complexity index is 605. The third-order valence-electron chi connectivity index (χ3n) is 4.31. The number of ether oxygens (including phenoxy) is 1. The van der Waals surface area contributed by atoms with Gasteiger partial charge in [0.25, 0.3) is 0 Å². The van der Waals surface area contributed by atoms with Crippen molar-refractivity contribution in [1.82, 2.24) is 4.98 Å². The third kappa shape index (κ3) is 3.42. The predicted octanol–water partition coefficient (Wildman–Crippen LogP) is 3.93. The van der Waals surface area contributed by atoms with Crippen molar-refractivity contribution in [2.45, 2.75) is 51.2 Å². The van der Waals surface area contributed by atoms with Crippen LogP contribution in [0, 0.1) is 6.92 Å². The van der Waals surface area contributed by atoms with Crippen LogP contribution < -0.4 is 0 Å². The molecule has 3 heteroatoms. The first-order chi connectivity index (χ1) is 10.2. The lowest BCUT2D eigenvalue weighted by molar-refractivity contribution is 0.0940. The van der Waals surface area contributed by atoms with E-state index in [2.05, 4.69) is 18.0 Å². The van der Waals surface area contributed by atoms with E-state index in [0.29, 0.717) is 6.10 Å². The summed E-state index contributed by atoms with van der Waals surface area (Å²) in [4.78, 5) is 4.61. The second-order valence-electron chi connectivity index (χ2n) is 5.96. The Morgan fingerprint density at radius 3 is 3.05 bits per heavy atom. The van der Waals surface area contributed by atoms with Gasteiger partial charge in [-0.15, -0.1) is 0 Å². The number of benzene rings is 1. The largest absolute Gasteiger partial charge is 0.387 e. The molecule has 1 aromatic carbocycles. The number of aromatic nitrogens is 1. The summed E-state index contributed by atoms with van der Waals surface area (Å²) >= 11 is 0. The molecule has 0 saturated carbocycles. The molecule has 1 aliphatic heterocycles. The molecule has 1 fully saturated rings. The fourth-order valence-electron chi connectivity index (χ4n) is 3.10. The molecule has 0 spiro atoms. The van der Waals surface area contributed by atoms with Crippen LogP contribution >= 0.6 is 0 Å². The van der Waals surface area contributed by atoms with Crippen molar-refractivity contribution in [2.75, 3.05) is 6.61 Å². The summed E-state index contributed by atoms with van der Waals surface area (Å²) in [6.45, 7) is 2.98. The Morgan fingerprint density at radius 1 is 1.38 bits per heavy atom. The zero-order valence-electron chi connectivity index (χ0n) is 12.6. The van der Waals surface area contributed by atoms with E-state index >= 15 is 0 Å². The van der Waals surface area contributed by atoms with Crippen molar-refractivity contribution in [1.29, 1.82) is 0 Å². The Hall–Kier alpha value is -1.45. The number of pyridine rings is 1.